The first-order chi connectivity index (χ1) is 8.63. The van der Waals surface area contributed by atoms with Crippen LogP contribution in [0.1, 0.15) is 5.82 Å². The minimum atomic E-state index is -0.437. The summed E-state index contributed by atoms with van der Waals surface area (Å²) in [5, 5.41) is 0.473. The minimum absolute atomic E-state index is 0.225. The Morgan fingerprint density at radius 1 is 1.28 bits per heavy atom. The van der Waals surface area contributed by atoms with E-state index in [4.69, 9.17) is 11.6 Å². The Morgan fingerprint density at radius 2 is 2.00 bits per heavy atom. The lowest BCUT2D eigenvalue weighted by Crippen LogP contribution is -2.29. The molecule has 0 aliphatic heterocycles. The van der Waals surface area contributed by atoms with E-state index < -0.39 is 5.69 Å². The molecule has 2 aromatic rings. The van der Waals surface area contributed by atoms with Gasteiger partial charge in [0.05, 0.1) is 10.7 Å². The largest absolute Gasteiger partial charge is 0.356 e. The van der Waals surface area contributed by atoms with Gasteiger partial charge in [-0.1, -0.05) is 23.7 Å². The number of aryl methyl sites for hydroxylation is 1. The second kappa shape index (κ2) is 5.16. The van der Waals surface area contributed by atoms with Crippen LogP contribution in [0, 0.1) is 6.92 Å². The Hall–Kier alpha value is -1.92. The van der Waals surface area contributed by atoms with Crippen LogP contribution in [0.4, 0.5) is 5.95 Å². The molecule has 0 spiro atoms. The number of hydrazine groups is 1. The summed E-state index contributed by atoms with van der Waals surface area (Å²) in [4.78, 5) is 19.9. The number of nitrogens with zero attached hydrogens (tertiary/aromatic N) is 3. The van der Waals surface area contributed by atoms with E-state index in [2.05, 4.69) is 20.8 Å². The first-order valence-electron chi connectivity index (χ1n) is 5.29. The zero-order valence-corrected chi connectivity index (χ0v) is 10.7. The molecule has 1 aromatic carbocycles. The van der Waals surface area contributed by atoms with Gasteiger partial charge in [-0.2, -0.15) is 9.97 Å². The highest BCUT2D eigenvalue weighted by atomic mass is 35.5. The van der Waals surface area contributed by atoms with Gasteiger partial charge in [0.25, 0.3) is 0 Å². The van der Waals surface area contributed by atoms with E-state index in [1.165, 1.54) is 4.57 Å². The van der Waals surface area contributed by atoms with Gasteiger partial charge in [0, 0.05) is 7.05 Å². The van der Waals surface area contributed by atoms with Gasteiger partial charge in [-0.05, 0) is 19.1 Å². The number of halogens is 1. The van der Waals surface area contributed by atoms with E-state index in [9.17, 15) is 4.79 Å². The van der Waals surface area contributed by atoms with Crippen LogP contribution in [0.5, 0.6) is 0 Å². The van der Waals surface area contributed by atoms with Gasteiger partial charge < -0.3 is 0 Å². The predicted molar refractivity (Wildman–Crippen MR) is 70.1 cm³/mol. The Bertz CT molecular complexity index is 625. The summed E-state index contributed by atoms with van der Waals surface area (Å²) in [5.74, 6) is 0.726. The zero-order valence-electron chi connectivity index (χ0n) is 9.94. The number of para-hydroxylation sites is 1. The summed E-state index contributed by atoms with van der Waals surface area (Å²) in [7, 11) is 1.66. The molecule has 7 heteroatoms. The topological polar surface area (TPSA) is 71.8 Å². The standard InChI is InChI=1S/C11H12ClN5O/c1-7-14-10(16-13-2)15-11(18)17(7)9-6-4-3-5-8(9)12/h3-6,13H,1-2H3,(H,15,16,18). The molecule has 2 N–H and O–H groups in total. The number of hydrogen-bond donors (Lipinski definition) is 2. The van der Waals surface area contributed by atoms with Gasteiger partial charge in [0.2, 0.25) is 5.95 Å². The fourth-order valence-corrected chi connectivity index (χ4v) is 1.81. The Labute approximate surface area is 109 Å². The van der Waals surface area contributed by atoms with Crippen molar-refractivity contribution in [2.24, 2.45) is 0 Å². The van der Waals surface area contributed by atoms with Crippen molar-refractivity contribution >= 4 is 17.5 Å². The highest BCUT2D eigenvalue weighted by molar-refractivity contribution is 6.32. The van der Waals surface area contributed by atoms with Gasteiger partial charge in [-0.3, -0.25) is 5.43 Å². The lowest BCUT2D eigenvalue weighted by Gasteiger charge is -2.11. The number of nitrogens with one attached hydrogen (secondary N) is 2. The number of aromatic nitrogens is 3. The molecule has 0 radical (unpaired) electrons. The third-order valence-electron chi connectivity index (χ3n) is 2.31. The zero-order chi connectivity index (χ0) is 13.1. The number of benzene rings is 1. The van der Waals surface area contributed by atoms with Crippen molar-refractivity contribution in [3.8, 4) is 5.69 Å². The lowest BCUT2D eigenvalue weighted by atomic mass is 10.3. The summed E-state index contributed by atoms with van der Waals surface area (Å²) < 4.78 is 1.36. The van der Waals surface area contributed by atoms with Gasteiger partial charge >= 0.3 is 5.69 Å². The Balaban J connectivity index is 2.60. The van der Waals surface area contributed by atoms with Crippen molar-refractivity contribution in [1.29, 1.82) is 0 Å². The third kappa shape index (κ3) is 2.34. The number of anilines is 1. The first kappa shape index (κ1) is 12.5. The van der Waals surface area contributed by atoms with Gasteiger partial charge in [-0.15, -0.1) is 0 Å². The van der Waals surface area contributed by atoms with Crippen LogP contribution in [0.25, 0.3) is 5.69 Å². The Morgan fingerprint density at radius 3 is 2.61 bits per heavy atom. The van der Waals surface area contributed by atoms with Crippen molar-refractivity contribution in [2.75, 3.05) is 12.5 Å². The van der Waals surface area contributed by atoms with Crippen LogP contribution in [0.15, 0.2) is 29.1 Å². The Kier molecular flexibility index (Phi) is 3.59. The highest BCUT2D eigenvalue weighted by Crippen LogP contribution is 2.18. The van der Waals surface area contributed by atoms with Crippen LogP contribution >= 0.6 is 11.6 Å². The molecular weight excluding hydrogens is 254 g/mol. The average Bonchev–Trinajstić information content (AvgIpc) is 2.31. The molecule has 0 aliphatic carbocycles. The molecule has 0 unspecified atom stereocenters. The molecule has 1 heterocycles. The maximum absolute atomic E-state index is 12.0. The smallest absolute Gasteiger partial charge is 0.290 e. The lowest BCUT2D eigenvalue weighted by molar-refractivity contribution is 0.796. The van der Waals surface area contributed by atoms with Crippen LogP contribution < -0.4 is 16.5 Å². The summed E-state index contributed by atoms with van der Waals surface area (Å²) in [6, 6.07) is 7.05. The second-order valence-corrected chi connectivity index (χ2v) is 3.95. The van der Waals surface area contributed by atoms with Crippen LogP contribution in [0.2, 0.25) is 5.02 Å². The maximum atomic E-state index is 12.0. The summed E-state index contributed by atoms with van der Waals surface area (Å²) in [6.07, 6.45) is 0. The molecule has 0 saturated carbocycles. The quantitative estimate of drug-likeness (QED) is 0.814. The number of hydrogen-bond acceptors (Lipinski definition) is 5. The predicted octanol–water partition coefficient (Wildman–Crippen LogP) is 1.14. The van der Waals surface area contributed by atoms with Crippen molar-refractivity contribution in [1.82, 2.24) is 20.0 Å². The molecule has 0 saturated heterocycles. The molecule has 0 aliphatic rings. The first-order valence-corrected chi connectivity index (χ1v) is 5.66. The summed E-state index contributed by atoms with van der Waals surface area (Å²) in [6.45, 7) is 1.72. The molecule has 2 rings (SSSR count). The van der Waals surface area contributed by atoms with E-state index in [1.807, 2.05) is 0 Å². The molecule has 94 valence electrons. The van der Waals surface area contributed by atoms with E-state index in [0.717, 1.165) is 0 Å². The summed E-state index contributed by atoms with van der Waals surface area (Å²) in [5.41, 5.74) is 5.45. The van der Waals surface area contributed by atoms with Crippen LogP contribution in [-0.2, 0) is 0 Å². The highest BCUT2D eigenvalue weighted by Gasteiger charge is 2.10. The van der Waals surface area contributed by atoms with E-state index >= 15 is 0 Å². The molecule has 0 bridgehead atoms. The van der Waals surface area contributed by atoms with Gasteiger partial charge in [0.15, 0.2) is 0 Å². The average molecular weight is 266 g/mol. The fourth-order valence-electron chi connectivity index (χ4n) is 1.59. The van der Waals surface area contributed by atoms with Crippen LogP contribution in [0.3, 0.4) is 0 Å². The van der Waals surface area contributed by atoms with Gasteiger partial charge in [-0.25, -0.2) is 14.8 Å². The van der Waals surface area contributed by atoms with Crippen molar-refractivity contribution in [3.63, 3.8) is 0 Å². The van der Waals surface area contributed by atoms with Gasteiger partial charge in [0.1, 0.15) is 5.82 Å². The molecule has 1 aromatic heterocycles. The third-order valence-corrected chi connectivity index (χ3v) is 2.63. The molecule has 0 amide bonds. The van der Waals surface area contributed by atoms with Crippen LogP contribution in [-0.4, -0.2) is 21.6 Å². The molecule has 0 fully saturated rings. The van der Waals surface area contributed by atoms with Crippen molar-refractivity contribution < 1.29 is 0 Å². The second-order valence-electron chi connectivity index (χ2n) is 3.54. The number of rotatable bonds is 3. The van der Waals surface area contributed by atoms with Crippen molar-refractivity contribution in [3.05, 3.63) is 45.6 Å². The van der Waals surface area contributed by atoms with E-state index in [1.54, 1.807) is 38.2 Å². The maximum Gasteiger partial charge on any atom is 0.356 e. The molecule has 0 atom stereocenters. The summed E-state index contributed by atoms with van der Waals surface area (Å²) >= 11 is 6.06. The van der Waals surface area contributed by atoms with Crippen molar-refractivity contribution in [2.45, 2.75) is 6.92 Å². The fraction of sp³-hybridized carbons (Fsp3) is 0.182. The monoisotopic (exact) mass is 265 g/mol. The molecular formula is C11H12ClN5O. The minimum Gasteiger partial charge on any atom is -0.290 e. The molecule has 6 nitrogen and oxygen atoms in total. The normalized spacial score (nSPS) is 10.4. The SMILES string of the molecule is CNNc1nc(C)n(-c2ccccc2Cl)c(=O)n1. The van der Waals surface area contributed by atoms with E-state index in [-0.39, 0.29) is 5.95 Å². The molecule has 18 heavy (non-hydrogen) atoms. The van der Waals surface area contributed by atoms with E-state index in [0.29, 0.717) is 16.5 Å².